The van der Waals surface area contributed by atoms with Crippen LogP contribution in [0.2, 0.25) is 0 Å². The fourth-order valence-electron chi connectivity index (χ4n) is 4.32. The Labute approximate surface area is 287 Å². The van der Waals surface area contributed by atoms with Crippen molar-refractivity contribution in [3.63, 3.8) is 0 Å². The van der Waals surface area contributed by atoms with E-state index in [1.54, 1.807) is 14.0 Å². The zero-order chi connectivity index (χ0) is 35.7. The predicted molar refractivity (Wildman–Crippen MR) is 187 cm³/mol. The van der Waals surface area contributed by atoms with Crippen molar-refractivity contribution >= 4 is 23.1 Å². The van der Waals surface area contributed by atoms with Gasteiger partial charge in [-0.15, -0.1) is 0 Å². The molecule has 0 bridgehead atoms. The van der Waals surface area contributed by atoms with Crippen molar-refractivity contribution in [3.8, 4) is 12.1 Å². The fourth-order valence-corrected chi connectivity index (χ4v) is 4.32. The van der Waals surface area contributed by atoms with E-state index < -0.39 is 11.9 Å². The van der Waals surface area contributed by atoms with Crippen molar-refractivity contribution in [2.45, 2.75) is 6.92 Å². The second kappa shape index (κ2) is 23.5. The number of nitrogens with zero attached hydrogens (tertiary/aromatic N) is 2. The van der Waals surface area contributed by atoms with Gasteiger partial charge in [0.1, 0.15) is 29.9 Å². The third-order valence-electron chi connectivity index (χ3n) is 6.47. The number of benzene rings is 4. The van der Waals surface area contributed by atoms with Gasteiger partial charge >= 0.3 is 11.9 Å². The second-order valence-electron chi connectivity index (χ2n) is 9.75. The van der Waals surface area contributed by atoms with E-state index in [4.69, 9.17) is 19.3 Å². The number of hydrogen-bond donors (Lipinski definition) is 1. The van der Waals surface area contributed by atoms with Gasteiger partial charge in [0.2, 0.25) is 0 Å². The van der Waals surface area contributed by atoms with Crippen molar-refractivity contribution in [1.82, 2.24) is 0 Å². The number of rotatable bonds is 12. The summed E-state index contributed by atoms with van der Waals surface area (Å²) in [4.78, 5) is 24.3. The summed E-state index contributed by atoms with van der Waals surface area (Å²) in [5.74, 6) is -1.24. The molecule has 0 radical (unpaired) electrons. The second-order valence-corrected chi connectivity index (χ2v) is 9.75. The van der Waals surface area contributed by atoms with Gasteiger partial charge in [0.05, 0.1) is 26.4 Å². The summed E-state index contributed by atoms with van der Waals surface area (Å²) in [7, 11) is 3.07. The highest BCUT2D eigenvalue weighted by Gasteiger charge is 2.20. The van der Waals surface area contributed by atoms with Gasteiger partial charge in [-0.05, 0) is 29.2 Å². The predicted octanol–water partition coefficient (Wildman–Crippen LogP) is 6.40. The van der Waals surface area contributed by atoms with E-state index in [-0.39, 0.29) is 37.6 Å². The molecule has 4 aromatic rings. The monoisotopic (exact) mass is 660 g/mol. The number of aliphatic hydroxyl groups excluding tert-OH is 1. The Bertz CT molecular complexity index is 1620. The zero-order valence-electron chi connectivity index (χ0n) is 27.9. The molecule has 0 heterocycles. The largest absolute Gasteiger partial charge is 0.462 e. The molecule has 0 fully saturated rings. The van der Waals surface area contributed by atoms with E-state index in [1.807, 2.05) is 133 Å². The van der Waals surface area contributed by atoms with Crippen LogP contribution in [-0.4, -0.2) is 64.3 Å². The highest BCUT2D eigenvalue weighted by atomic mass is 16.6. The molecule has 9 nitrogen and oxygen atoms in total. The molecular formula is C40H40N2O7. The number of ether oxygens (including phenoxy) is 4. The van der Waals surface area contributed by atoms with Crippen LogP contribution < -0.4 is 0 Å². The molecule has 0 aromatic heterocycles. The lowest BCUT2D eigenvalue weighted by Gasteiger charge is -2.11. The van der Waals surface area contributed by atoms with Gasteiger partial charge in [-0.2, -0.15) is 10.5 Å². The van der Waals surface area contributed by atoms with Gasteiger partial charge in [-0.3, -0.25) is 0 Å². The fraction of sp³-hybridized carbons (Fsp3) is 0.200. The Balaban J connectivity index is 0.000000300. The highest BCUT2D eigenvalue weighted by molar-refractivity contribution is 6.06. The number of methoxy groups -OCH3 is 2. The Morgan fingerprint density at radius 3 is 1.12 bits per heavy atom. The summed E-state index contributed by atoms with van der Waals surface area (Å²) in [5, 5.41) is 26.9. The normalized spacial score (nSPS) is 9.51. The molecule has 0 spiro atoms. The Morgan fingerprint density at radius 2 is 0.878 bits per heavy atom. The molecule has 1 N–H and O–H groups in total. The molecule has 252 valence electrons. The summed E-state index contributed by atoms with van der Waals surface area (Å²) in [5.41, 5.74) is 4.38. The smallest absolute Gasteiger partial charge is 0.349 e. The summed E-state index contributed by atoms with van der Waals surface area (Å²) in [6.45, 7) is 2.92. The molecular weight excluding hydrogens is 620 g/mol. The molecule has 0 aliphatic rings. The first-order chi connectivity index (χ1) is 24.0. The third-order valence-corrected chi connectivity index (χ3v) is 6.47. The van der Waals surface area contributed by atoms with Crippen molar-refractivity contribution in [1.29, 1.82) is 10.5 Å². The van der Waals surface area contributed by atoms with Crippen LogP contribution in [0.15, 0.2) is 132 Å². The SMILES string of the molecule is CCOC(=O)C(C#N)=C(c1ccccc1)c1ccccc1.COCCO.COCCOC(=O)C(C#N)=C(c1ccccc1)c1ccccc1. The van der Waals surface area contributed by atoms with Gasteiger partial charge in [0, 0.05) is 25.4 Å². The first kappa shape index (κ1) is 39.3. The highest BCUT2D eigenvalue weighted by Crippen LogP contribution is 2.28. The van der Waals surface area contributed by atoms with Gasteiger partial charge in [-0.25, -0.2) is 9.59 Å². The molecule has 0 saturated heterocycles. The number of aliphatic hydroxyl groups is 1. The maximum atomic E-state index is 12.3. The molecule has 0 aliphatic heterocycles. The standard InChI is InChI=1S/C19H17NO3.C18H15NO2.C3H8O2/c1-22-12-13-23-19(21)17(14-20)18(15-8-4-2-5-9-15)16-10-6-3-7-11-16;1-2-21-18(20)16(13-19)17(14-9-5-3-6-10-14)15-11-7-4-8-12-15;1-5-3-2-4/h2-11H,12-13H2,1H3;3-12H,2H2,1H3;4H,2-3H2,1H3. The Morgan fingerprint density at radius 1 is 0.551 bits per heavy atom. The summed E-state index contributed by atoms with van der Waals surface area (Å²) in [6.07, 6.45) is 0. The maximum Gasteiger partial charge on any atom is 0.349 e. The lowest BCUT2D eigenvalue weighted by atomic mass is 9.93. The van der Waals surface area contributed by atoms with E-state index in [1.165, 1.54) is 7.11 Å². The quantitative estimate of drug-likeness (QED) is 0.0791. The van der Waals surface area contributed by atoms with E-state index in [0.29, 0.717) is 17.8 Å². The van der Waals surface area contributed by atoms with E-state index in [9.17, 15) is 20.1 Å². The van der Waals surface area contributed by atoms with Crippen LogP contribution in [0.1, 0.15) is 29.2 Å². The summed E-state index contributed by atoms with van der Waals surface area (Å²) >= 11 is 0. The van der Waals surface area contributed by atoms with Crippen LogP contribution in [0.25, 0.3) is 11.1 Å². The molecule has 4 rings (SSSR count). The lowest BCUT2D eigenvalue weighted by molar-refractivity contribution is -0.140. The number of carbonyl (C=O) groups is 2. The molecule has 0 aliphatic carbocycles. The van der Waals surface area contributed by atoms with Crippen molar-refractivity contribution in [3.05, 3.63) is 155 Å². The number of hydrogen-bond acceptors (Lipinski definition) is 9. The first-order valence-electron chi connectivity index (χ1n) is 15.4. The van der Waals surface area contributed by atoms with Crippen LogP contribution in [0.5, 0.6) is 0 Å². The van der Waals surface area contributed by atoms with Crippen LogP contribution in [0, 0.1) is 22.7 Å². The minimum absolute atomic E-state index is 0.0153. The lowest BCUT2D eigenvalue weighted by Crippen LogP contribution is -2.13. The minimum atomic E-state index is -0.646. The average molecular weight is 661 g/mol. The van der Waals surface area contributed by atoms with Gasteiger partial charge in [-0.1, -0.05) is 121 Å². The van der Waals surface area contributed by atoms with Crippen molar-refractivity contribution in [2.75, 3.05) is 47.3 Å². The van der Waals surface area contributed by atoms with Crippen molar-refractivity contribution < 1.29 is 33.6 Å². The molecule has 4 aromatic carbocycles. The minimum Gasteiger partial charge on any atom is -0.462 e. The van der Waals surface area contributed by atoms with Crippen LogP contribution >= 0.6 is 0 Å². The summed E-state index contributed by atoms with van der Waals surface area (Å²) < 4.78 is 19.4. The van der Waals surface area contributed by atoms with Crippen LogP contribution in [0.4, 0.5) is 0 Å². The molecule has 0 saturated carbocycles. The Kier molecular flexibility index (Phi) is 18.8. The number of carbonyl (C=O) groups excluding carboxylic acids is 2. The average Bonchev–Trinajstić information content (AvgIpc) is 3.15. The van der Waals surface area contributed by atoms with Gasteiger partial charge < -0.3 is 24.1 Å². The number of esters is 2. The van der Waals surface area contributed by atoms with E-state index >= 15 is 0 Å². The van der Waals surface area contributed by atoms with Crippen molar-refractivity contribution in [2.24, 2.45) is 0 Å². The molecule has 0 amide bonds. The third kappa shape index (κ3) is 13.1. The first-order valence-corrected chi connectivity index (χ1v) is 15.4. The maximum absolute atomic E-state index is 12.3. The van der Waals surface area contributed by atoms with E-state index in [2.05, 4.69) is 4.74 Å². The molecule has 0 unspecified atom stereocenters. The molecule has 9 heteroatoms. The number of nitriles is 2. The molecule has 0 atom stereocenters. The van der Waals surface area contributed by atoms with Gasteiger partial charge in [0.25, 0.3) is 0 Å². The Hall–Kier alpha value is -5.84. The molecule has 49 heavy (non-hydrogen) atoms. The van der Waals surface area contributed by atoms with Gasteiger partial charge in [0.15, 0.2) is 0 Å². The van der Waals surface area contributed by atoms with Crippen LogP contribution in [-0.2, 0) is 28.5 Å². The van der Waals surface area contributed by atoms with E-state index in [0.717, 1.165) is 22.3 Å². The van der Waals surface area contributed by atoms with Crippen LogP contribution in [0.3, 0.4) is 0 Å². The zero-order valence-corrected chi connectivity index (χ0v) is 27.9. The topological polar surface area (TPSA) is 139 Å². The summed E-state index contributed by atoms with van der Waals surface area (Å²) in [6, 6.07) is 41.4.